The van der Waals surface area contributed by atoms with Crippen molar-refractivity contribution in [2.24, 2.45) is 0 Å². The Bertz CT molecular complexity index is 741. The van der Waals surface area contributed by atoms with E-state index in [1.807, 2.05) is 0 Å². The molecule has 1 N–H and O–H groups in total. The highest BCUT2D eigenvalue weighted by Crippen LogP contribution is 2.27. The smallest absolute Gasteiger partial charge is 0.266 e. The Hall–Kier alpha value is -1.79. The summed E-state index contributed by atoms with van der Waals surface area (Å²) >= 11 is 11.6. The molecule has 1 atom stereocenters. The third-order valence-electron chi connectivity index (χ3n) is 3.16. The largest absolute Gasteiger partial charge is 0.345 e. The number of hydrogen-bond acceptors (Lipinski definition) is 2. The van der Waals surface area contributed by atoms with Gasteiger partial charge in [-0.3, -0.25) is 4.79 Å². The monoisotopic (exact) mass is 362 g/mol. The van der Waals surface area contributed by atoms with Crippen molar-refractivity contribution in [2.75, 3.05) is 0 Å². The summed E-state index contributed by atoms with van der Waals surface area (Å²) in [5, 5.41) is 2.62. The Morgan fingerprint density at radius 1 is 1.26 bits per heavy atom. The number of pyridine rings is 1. The molecule has 23 heavy (non-hydrogen) atoms. The number of halogens is 5. The second kappa shape index (κ2) is 7.19. The van der Waals surface area contributed by atoms with Gasteiger partial charge in [0.25, 0.3) is 12.3 Å². The summed E-state index contributed by atoms with van der Waals surface area (Å²) in [6, 6.07) is 4.08. The molecule has 0 aliphatic rings. The molecule has 2 rings (SSSR count). The molecule has 0 radical (unpaired) electrons. The van der Waals surface area contributed by atoms with Gasteiger partial charge in [0, 0.05) is 11.8 Å². The van der Waals surface area contributed by atoms with Crippen molar-refractivity contribution in [2.45, 2.75) is 19.4 Å². The van der Waals surface area contributed by atoms with Gasteiger partial charge in [-0.15, -0.1) is 0 Å². The number of nitrogens with one attached hydrogen (secondary N) is 1. The number of alkyl halides is 2. The zero-order valence-corrected chi connectivity index (χ0v) is 13.3. The lowest BCUT2D eigenvalue weighted by molar-refractivity contribution is 0.0939. The molecular weight excluding hydrogens is 352 g/mol. The highest BCUT2D eigenvalue weighted by molar-refractivity contribution is 6.34. The number of nitrogens with zero attached hydrogens (tertiary/aromatic N) is 1. The van der Waals surface area contributed by atoms with Crippen LogP contribution >= 0.6 is 23.2 Å². The highest BCUT2D eigenvalue weighted by atomic mass is 35.5. The third kappa shape index (κ3) is 3.95. The van der Waals surface area contributed by atoms with Crippen LogP contribution in [0.15, 0.2) is 30.5 Å². The number of rotatable bonds is 4. The zero-order chi connectivity index (χ0) is 17.1. The van der Waals surface area contributed by atoms with Crippen molar-refractivity contribution >= 4 is 29.1 Å². The van der Waals surface area contributed by atoms with E-state index in [1.165, 1.54) is 31.3 Å². The maximum Gasteiger partial charge on any atom is 0.266 e. The Kier molecular flexibility index (Phi) is 5.49. The molecule has 122 valence electrons. The van der Waals surface area contributed by atoms with E-state index in [0.717, 1.165) is 6.07 Å². The molecule has 1 amide bonds. The second-order valence-electron chi connectivity index (χ2n) is 4.74. The first-order valence-electron chi connectivity index (χ1n) is 6.49. The van der Waals surface area contributed by atoms with Crippen LogP contribution in [0.25, 0.3) is 0 Å². The summed E-state index contributed by atoms with van der Waals surface area (Å²) in [5.74, 6) is -1.69. The Balaban J connectivity index is 2.25. The lowest BCUT2D eigenvalue weighted by Crippen LogP contribution is -2.28. The van der Waals surface area contributed by atoms with Gasteiger partial charge in [-0.25, -0.2) is 18.2 Å². The van der Waals surface area contributed by atoms with Crippen LogP contribution in [-0.2, 0) is 0 Å². The summed E-state index contributed by atoms with van der Waals surface area (Å²) in [6.07, 6.45) is -1.67. The minimum Gasteiger partial charge on any atom is -0.345 e. The number of amides is 1. The molecule has 0 fully saturated rings. The molecule has 1 heterocycles. The van der Waals surface area contributed by atoms with Gasteiger partial charge in [-0.1, -0.05) is 41.4 Å². The van der Waals surface area contributed by atoms with E-state index in [9.17, 15) is 18.0 Å². The average Bonchev–Trinajstić information content (AvgIpc) is 2.49. The van der Waals surface area contributed by atoms with E-state index in [-0.39, 0.29) is 21.3 Å². The molecule has 1 aromatic heterocycles. The van der Waals surface area contributed by atoms with Gasteiger partial charge < -0.3 is 5.32 Å². The Morgan fingerprint density at radius 2 is 1.91 bits per heavy atom. The van der Waals surface area contributed by atoms with Crippen molar-refractivity contribution in [3.05, 3.63) is 63.1 Å². The van der Waals surface area contributed by atoms with Crippen molar-refractivity contribution in [1.29, 1.82) is 0 Å². The lowest BCUT2D eigenvalue weighted by atomic mass is 10.0. The number of hydrogen-bond donors (Lipinski definition) is 1. The fourth-order valence-corrected chi connectivity index (χ4v) is 2.35. The van der Waals surface area contributed by atoms with Crippen LogP contribution in [0.5, 0.6) is 0 Å². The SMILES string of the molecule is C[C@@H](NC(=O)c1cc(Cl)cnc1Cl)c1cccc(C(F)F)c1F. The van der Waals surface area contributed by atoms with Crippen LogP contribution in [0.3, 0.4) is 0 Å². The van der Waals surface area contributed by atoms with Gasteiger partial charge in [0.1, 0.15) is 11.0 Å². The van der Waals surface area contributed by atoms with Crippen LogP contribution < -0.4 is 5.32 Å². The van der Waals surface area contributed by atoms with Gasteiger partial charge in [0.15, 0.2) is 0 Å². The third-order valence-corrected chi connectivity index (χ3v) is 3.67. The fourth-order valence-electron chi connectivity index (χ4n) is 2.01. The minimum atomic E-state index is -2.94. The van der Waals surface area contributed by atoms with E-state index in [1.54, 1.807) is 0 Å². The summed E-state index contributed by atoms with van der Waals surface area (Å²) in [5.41, 5.74) is -0.759. The lowest BCUT2D eigenvalue weighted by Gasteiger charge is -2.17. The van der Waals surface area contributed by atoms with Crippen molar-refractivity contribution in [3.8, 4) is 0 Å². The van der Waals surface area contributed by atoms with Crippen molar-refractivity contribution < 1.29 is 18.0 Å². The molecule has 3 nitrogen and oxygen atoms in total. The topological polar surface area (TPSA) is 42.0 Å². The van der Waals surface area contributed by atoms with Gasteiger partial charge in [0.2, 0.25) is 0 Å². The van der Waals surface area contributed by atoms with Gasteiger partial charge in [0.05, 0.1) is 22.2 Å². The molecule has 0 bridgehead atoms. The maximum absolute atomic E-state index is 14.1. The molecule has 1 aromatic carbocycles. The molecule has 0 saturated heterocycles. The van der Waals surface area contributed by atoms with Crippen molar-refractivity contribution in [1.82, 2.24) is 10.3 Å². The van der Waals surface area contributed by atoms with Crippen LogP contribution in [0.2, 0.25) is 10.2 Å². The number of benzene rings is 1. The minimum absolute atomic E-state index is 0.0106. The van der Waals surface area contributed by atoms with Crippen LogP contribution in [0.1, 0.15) is 40.9 Å². The number of carbonyl (C=O) groups excluding carboxylic acids is 1. The first kappa shape index (κ1) is 17.6. The number of carbonyl (C=O) groups is 1. The molecule has 8 heteroatoms. The summed E-state index contributed by atoms with van der Waals surface area (Å²) in [7, 11) is 0. The first-order chi connectivity index (χ1) is 10.8. The van der Waals surface area contributed by atoms with Crippen molar-refractivity contribution in [3.63, 3.8) is 0 Å². The molecule has 0 aliphatic carbocycles. The predicted molar refractivity (Wildman–Crippen MR) is 81.5 cm³/mol. The number of aromatic nitrogens is 1. The summed E-state index contributed by atoms with van der Waals surface area (Å²) in [6.45, 7) is 1.47. The quantitative estimate of drug-likeness (QED) is 0.781. The zero-order valence-electron chi connectivity index (χ0n) is 11.8. The molecule has 0 saturated carbocycles. The predicted octanol–water partition coefficient (Wildman–Crippen LogP) is 4.96. The average molecular weight is 363 g/mol. The van der Waals surface area contributed by atoms with E-state index < -0.39 is 29.8 Å². The standard InChI is InChI=1S/C15H11Cl2F3N2O/c1-7(9-3-2-4-10(12(9)18)14(19)20)22-15(23)11-5-8(16)6-21-13(11)17/h2-7,14H,1H3,(H,22,23)/t7-/m1/s1. The van der Waals surface area contributed by atoms with E-state index >= 15 is 0 Å². The Labute approximate surface area is 140 Å². The van der Waals surface area contributed by atoms with Gasteiger partial charge in [-0.05, 0) is 13.0 Å². The van der Waals surface area contributed by atoms with Crippen LogP contribution in [0, 0.1) is 5.82 Å². The van der Waals surface area contributed by atoms with Crippen LogP contribution in [0.4, 0.5) is 13.2 Å². The molecule has 0 unspecified atom stereocenters. The molecule has 2 aromatic rings. The van der Waals surface area contributed by atoms with Gasteiger partial charge in [-0.2, -0.15) is 0 Å². The normalized spacial score (nSPS) is 12.3. The summed E-state index contributed by atoms with van der Waals surface area (Å²) < 4.78 is 39.5. The highest BCUT2D eigenvalue weighted by Gasteiger charge is 2.21. The Morgan fingerprint density at radius 3 is 2.57 bits per heavy atom. The van der Waals surface area contributed by atoms with E-state index in [0.29, 0.717) is 0 Å². The second-order valence-corrected chi connectivity index (χ2v) is 5.53. The van der Waals surface area contributed by atoms with E-state index in [2.05, 4.69) is 10.3 Å². The molecule has 0 spiro atoms. The fraction of sp³-hybridized carbons (Fsp3) is 0.200. The van der Waals surface area contributed by atoms with E-state index in [4.69, 9.17) is 23.2 Å². The maximum atomic E-state index is 14.1. The van der Waals surface area contributed by atoms with Crippen LogP contribution in [-0.4, -0.2) is 10.9 Å². The van der Waals surface area contributed by atoms with Gasteiger partial charge >= 0.3 is 0 Å². The first-order valence-corrected chi connectivity index (χ1v) is 7.25. The summed E-state index contributed by atoms with van der Waals surface area (Å²) in [4.78, 5) is 15.9. The molecule has 0 aliphatic heterocycles. The molecular formula is C15H11Cl2F3N2O.